The van der Waals surface area contributed by atoms with E-state index in [-0.39, 0.29) is 12.5 Å². The van der Waals surface area contributed by atoms with Crippen molar-refractivity contribution in [3.8, 4) is 11.5 Å². The third-order valence-corrected chi connectivity index (χ3v) is 3.76. The normalized spacial score (nSPS) is 17.3. The highest BCUT2D eigenvalue weighted by molar-refractivity contribution is 5.94. The van der Waals surface area contributed by atoms with Crippen molar-refractivity contribution in [2.75, 3.05) is 19.0 Å². The smallest absolute Gasteiger partial charge is 0.407 e. The minimum atomic E-state index is -0.649. The predicted octanol–water partition coefficient (Wildman–Crippen LogP) is 2.02. The minimum Gasteiger partial charge on any atom is -0.453 e. The number of methoxy groups -OCH3 is 1. The van der Waals surface area contributed by atoms with Crippen LogP contribution in [0.2, 0.25) is 0 Å². The van der Waals surface area contributed by atoms with Crippen LogP contribution in [0.4, 0.5) is 10.5 Å². The van der Waals surface area contributed by atoms with Gasteiger partial charge in [-0.15, -0.1) is 0 Å². The van der Waals surface area contributed by atoms with E-state index in [1.807, 2.05) is 0 Å². The molecule has 0 aromatic heterocycles. The lowest BCUT2D eigenvalue weighted by molar-refractivity contribution is -0.115. The zero-order valence-electron chi connectivity index (χ0n) is 12.3. The van der Waals surface area contributed by atoms with Gasteiger partial charge in [0.05, 0.1) is 7.11 Å². The fourth-order valence-electron chi connectivity index (χ4n) is 2.72. The van der Waals surface area contributed by atoms with E-state index in [0.29, 0.717) is 17.2 Å². The van der Waals surface area contributed by atoms with Crippen LogP contribution < -0.4 is 20.1 Å². The molecular formula is C15H18N2O5. The number of hydrogen-bond acceptors (Lipinski definition) is 5. The Morgan fingerprint density at radius 2 is 1.95 bits per heavy atom. The average Bonchev–Trinajstić information content (AvgIpc) is 3.10. The van der Waals surface area contributed by atoms with Gasteiger partial charge in [0.25, 0.3) is 5.79 Å². The molecule has 2 aliphatic rings. The Labute approximate surface area is 127 Å². The van der Waals surface area contributed by atoms with Crippen molar-refractivity contribution in [1.29, 1.82) is 0 Å². The van der Waals surface area contributed by atoms with Crippen LogP contribution in [-0.2, 0) is 9.53 Å². The van der Waals surface area contributed by atoms with Crippen LogP contribution in [0.15, 0.2) is 18.2 Å². The van der Waals surface area contributed by atoms with Gasteiger partial charge in [-0.05, 0) is 25.0 Å². The van der Waals surface area contributed by atoms with Crippen LogP contribution in [0, 0.1) is 0 Å². The van der Waals surface area contributed by atoms with Gasteiger partial charge in [-0.2, -0.15) is 0 Å². The number of benzene rings is 1. The lowest BCUT2D eigenvalue weighted by Crippen LogP contribution is -2.34. The largest absolute Gasteiger partial charge is 0.453 e. The highest BCUT2D eigenvalue weighted by Crippen LogP contribution is 2.47. The number of fused-ring (bicyclic) bond motifs is 1. The summed E-state index contributed by atoms with van der Waals surface area (Å²) in [5.41, 5.74) is 0.592. The van der Waals surface area contributed by atoms with Crippen molar-refractivity contribution >= 4 is 17.7 Å². The molecule has 3 rings (SSSR count). The van der Waals surface area contributed by atoms with Crippen LogP contribution in [0.5, 0.6) is 11.5 Å². The molecule has 1 aliphatic carbocycles. The summed E-state index contributed by atoms with van der Waals surface area (Å²) in [7, 11) is 1.24. The summed E-state index contributed by atoms with van der Waals surface area (Å²) in [6.07, 6.45) is 3.30. The van der Waals surface area contributed by atoms with Crippen LogP contribution in [-0.4, -0.2) is 31.4 Å². The molecule has 1 aliphatic heterocycles. The molecule has 0 bridgehead atoms. The van der Waals surface area contributed by atoms with E-state index in [9.17, 15) is 9.59 Å². The Hall–Kier alpha value is -2.44. The Morgan fingerprint density at radius 1 is 1.23 bits per heavy atom. The SMILES string of the molecule is COC(=O)NCC(=O)Nc1ccc2c(c1)OC1(CCCC1)O2. The Balaban J connectivity index is 1.61. The van der Waals surface area contributed by atoms with E-state index in [1.165, 1.54) is 7.11 Å². The lowest BCUT2D eigenvalue weighted by atomic mass is 10.2. The molecule has 2 amide bonds. The molecule has 2 N–H and O–H groups in total. The van der Waals surface area contributed by atoms with E-state index in [4.69, 9.17) is 9.47 Å². The number of hydrogen-bond donors (Lipinski definition) is 2. The zero-order chi connectivity index (χ0) is 15.6. The predicted molar refractivity (Wildman–Crippen MR) is 77.9 cm³/mol. The maximum absolute atomic E-state index is 11.7. The molecule has 1 saturated carbocycles. The maximum Gasteiger partial charge on any atom is 0.407 e. The highest BCUT2D eigenvalue weighted by Gasteiger charge is 2.44. The van der Waals surface area contributed by atoms with Gasteiger partial charge in [0, 0.05) is 24.6 Å². The third-order valence-electron chi connectivity index (χ3n) is 3.76. The van der Waals surface area contributed by atoms with Crippen molar-refractivity contribution in [2.45, 2.75) is 31.5 Å². The monoisotopic (exact) mass is 306 g/mol. The molecule has 118 valence electrons. The summed E-state index contributed by atoms with van der Waals surface area (Å²) in [5.74, 6) is 0.477. The van der Waals surface area contributed by atoms with Gasteiger partial charge >= 0.3 is 6.09 Å². The number of carbonyl (C=O) groups excluding carboxylic acids is 2. The number of alkyl carbamates (subject to hydrolysis) is 1. The van der Waals surface area contributed by atoms with Crippen molar-refractivity contribution in [3.63, 3.8) is 0 Å². The highest BCUT2D eigenvalue weighted by atomic mass is 16.7. The van der Waals surface area contributed by atoms with Crippen LogP contribution in [0.3, 0.4) is 0 Å². The number of amides is 2. The van der Waals surface area contributed by atoms with Crippen molar-refractivity contribution < 1.29 is 23.8 Å². The van der Waals surface area contributed by atoms with Crippen LogP contribution in [0.25, 0.3) is 0 Å². The standard InChI is InChI=1S/C15H18N2O5/c1-20-14(19)16-9-13(18)17-10-4-5-11-12(8-10)22-15(21-11)6-2-3-7-15/h4-5,8H,2-3,6-7,9H2,1H3,(H,16,19)(H,17,18). The van der Waals surface area contributed by atoms with Crippen molar-refractivity contribution in [3.05, 3.63) is 18.2 Å². The van der Waals surface area contributed by atoms with Gasteiger partial charge in [0.2, 0.25) is 5.91 Å². The molecule has 0 radical (unpaired) electrons. The lowest BCUT2D eigenvalue weighted by Gasteiger charge is -2.21. The van der Waals surface area contributed by atoms with Gasteiger partial charge in [-0.3, -0.25) is 4.79 Å². The Bertz CT molecular complexity index is 596. The van der Waals surface area contributed by atoms with E-state index in [1.54, 1.807) is 18.2 Å². The Kier molecular flexibility index (Phi) is 3.79. The molecular weight excluding hydrogens is 288 g/mol. The van der Waals surface area contributed by atoms with Gasteiger partial charge in [-0.1, -0.05) is 0 Å². The first kappa shape index (κ1) is 14.5. The summed E-state index contributed by atoms with van der Waals surface area (Å²) in [4.78, 5) is 22.6. The topological polar surface area (TPSA) is 85.9 Å². The van der Waals surface area contributed by atoms with E-state index >= 15 is 0 Å². The summed E-state index contributed by atoms with van der Waals surface area (Å²) >= 11 is 0. The quantitative estimate of drug-likeness (QED) is 0.892. The summed E-state index contributed by atoms with van der Waals surface area (Å²) in [6.45, 7) is -0.162. The fourth-order valence-corrected chi connectivity index (χ4v) is 2.72. The molecule has 22 heavy (non-hydrogen) atoms. The first-order valence-corrected chi connectivity index (χ1v) is 7.24. The zero-order valence-corrected chi connectivity index (χ0v) is 12.3. The van der Waals surface area contributed by atoms with Crippen LogP contribution >= 0.6 is 0 Å². The molecule has 1 spiro atoms. The van der Waals surface area contributed by atoms with Gasteiger partial charge < -0.3 is 24.8 Å². The van der Waals surface area contributed by atoms with Gasteiger partial charge in [0.1, 0.15) is 6.54 Å². The van der Waals surface area contributed by atoms with Crippen LogP contribution in [0.1, 0.15) is 25.7 Å². The second-order valence-corrected chi connectivity index (χ2v) is 5.38. The van der Waals surface area contributed by atoms with Crippen molar-refractivity contribution in [1.82, 2.24) is 5.32 Å². The number of carbonyl (C=O) groups is 2. The molecule has 0 unspecified atom stereocenters. The molecule has 1 heterocycles. The van der Waals surface area contributed by atoms with E-state index < -0.39 is 11.9 Å². The molecule has 1 aromatic carbocycles. The molecule has 1 aromatic rings. The van der Waals surface area contributed by atoms with E-state index in [0.717, 1.165) is 25.7 Å². The summed E-state index contributed by atoms with van der Waals surface area (Å²) in [6, 6.07) is 5.26. The number of nitrogens with one attached hydrogen (secondary N) is 2. The molecule has 7 nitrogen and oxygen atoms in total. The third kappa shape index (κ3) is 2.93. The minimum absolute atomic E-state index is 0.162. The number of anilines is 1. The second kappa shape index (κ2) is 5.75. The summed E-state index contributed by atoms with van der Waals surface area (Å²) in [5, 5.41) is 5.00. The van der Waals surface area contributed by atoms with Gasteiger partial charge in [-0.25, -0.2) is 4.79 Å². The first-order chi connectivity index (χ1) is 10.6. The molecule has 7 heteroatoms. The second-order valence-electron chi connectivity index (χ2n) is 5.38. The molecule has 0 atom stereocenters. The molecule has 0 saturated heterocycles. The maximum atomic E-state index is 11.7. The van der Waals surface area contributed by atoms with E-state index in [2.05, 4.69) is 15.4 Å². The molecule has 1 fully saturated rings. The fraction of sp³-hybridized carbons (Fsp3) is 0.467. The number of ether oxygens (including phenoxy) is 3. The summed E-state index contributed by atoms with van der Waals surface area (Å²) < 4.78 is 16.2. The number of rotatable bonds is 3. The van der Waals surface area contributed by atoms with Crippen molar-refractivity contribution in [2.24, 2.45) is 0 Å². The van der Waals surface area contributed by atoms with Gasteiger partial charge in [0.15, 0.2) is 11.5 Å². The Morgan fingerprint density at radius 3 is 2.68 bits per heavy atom. The average molecular weight is 306 g/mol. The first-order valence-electron chi connectivity index (χ1n) is 7.24.